The van der Waals surface area contributed by atoms with Gasteiger partial charge in [-0.3, -0.25) is 9.59 Å². The molecule has 0 atom stereocenters. The van der Waals surface area contributed by atoms with Crippen LogP contribution in [0.25, 0.3) is 0 Å². The van der Waals surface area contributed by atoms with Gasteiger partial charge in [0, 0.05) is 24.7 Å². The van der Waals surface area contributed by atoms with Crippen molar-refractivity contribution in [2.24, 2.45) is 0 Å². The summed E-state index contributed by atoms with van der Waals surface area (Å²) in [5.74, 6) is -0.425. The first-order chi connectivity index (χ1) is 13.4. The Kier molecular flexibility index (Phi) is 8.07. The zero-order chi connectivity index (χ0) is 20.5. The molecule has 2 aromatic rings. The number of ether oxygens (including phenoxy) is 1. The largest absolute Gasteiger partial charge is 0.462 e. The van der Waals surface area contributed by atoms with E-state index < -0.39 is 0 Å². The van der Waals surface area contributed by atoms with Gasteiger partial charge in [-0.15, -0.1) is 11.8 Å². The molecule has 0 aliphatic rings. The van der Waals surface area contributed by atoms with Crippen molar-refractivity contribution in [3.63, 3.8) is 0 Å². The van der Waals surface area contributed by atoms with Gasteiger partial charge in [0.25, 0.3) is 5.91 Å². The van der Waals surface area contributed by atoms with Gasteiger partial charge in [-0.25, -0.2) is 4.79 Å². The molecular formula is C21H24N2O4S. The Morgan fingerprint density at radius 1 is 1.04 bits per heavy atom. The third-order valence-corrected chi connectivity index (χ3v) is 4.86. The number of hydrogen-bond acceptors (Lipinski definition) is 5. The number of amides is 2. The summed E-state index contributed by atoms with van der Waals surface area (Å²) in [7, 11) is 3.40. The average molecular weight is 401 g/mol. The number of esters is 1. The van der Waals surface area contributed by atoms with Crippen LogP contribution in [-0.4, -0.2) is 49.1 Å². The SMILES string of the molecule is CCCOC(=O)c1ccc(NC(=O)c2ccccc2SCC(=O)N(C)C)cc1. The monoisotopic (exact) mass is 400 g/mol. The molecule has 0 fully saturated rings. The maximum Gasteiger partial charge on any atom is 0.338 e. The van der Waals surface area contributed by atoms with Crippen LogP contribution in [0.15, 0.2) is 53.4 Å². The Morgan fingerprint density at radius 2 is 1.71 bits per heavy atom. The number of nitrogens with zero attached hydrogens (tertiary/aromatic N) is 1. The molecule has 0 heterocycles. The molecule has 1 N–H and O–H groups in total. The van der Waals surface area contributed by atoms with E-state index in [2.05, 4.69) is 5.32 Å². The Labute approximate surface area is 169 Å². The van der Waals surface area contributed by atoms with Crippen molar-refractivity contribution in [2.45, 2.75) is 18.2 Å². The van der Waals surface area contributed by atoms with Gasteiger partial charge in [-0.1, -0.05) is 19.1 Å². The fraction of sp³-hybridized carbons (Fsp3) is 0.286. The van der Waals surface area contributed by atoms with E-state index in [9.17, 15) is 14.4 Å². The van der Waals surface area contributed by atoms with E-state index in [1.54, 1.807) is 50.5 Å². The molecule has 2 amide bonds. The predicted octanol–water partition coefficient (Wildman–Crippen LogP) is 3.69. The summed E-state index contributed by atoms with van der Waals surface area (Å²) >= 11 is 1.32. The predicted molar refractivity (Wildman–Crippen MR) is 111 cm³/mol. The van der Waals surface area contributed by atoms with E-state index in [1.165, 1.54) is 16.7 Å². The van der Waals surface area contributed by atoms with Gasteiger partial charge in [0.15, 0.2) is 0 Å². The highest BCUT2D eigenvalue weighted by molar-refractivity contribution is 8.00. The van der Waals surface area contributed by atoms with Crippen LogP contribution in [-0.2, 0) is 9.53 Å². The molecule has 0 aromatic heterocycles. The van der Waals surface area contributed by atoms with Gasteiger partial charge in [0.05, 0.1) is 23.5 Å². The van der Waals surface area contributed by atoms with Crippen LogP contribution in [0.1, 0.15) is 34.1 Å². The van der Waals surface area contributed by atoms with Crippen LogP contribution < -0.4 is 5.32 Å². The van der Waals surface area contributed by atoms with Crippen LogP contribution in [0, 0.1) is 0 Å². The summed E-state index contributed by atoms with van der Waals surface area (Å²) in [5.41, 5.74) is 1.50. The summed E-state index contributed by atoms with van der Waals surface area (Å²) in [6.45, 7) is 2.31. The lowest BCUT2D eigenvalue weighted by Gasteiger charge is -2.12. The molecule has 0 spiro atoms. The minimum atomic E-state index is -0.382. The molecule has 0 bridgehead atoms. The van der Waals surface area contributed by atoms with Crippen molar-refractivity contribution in [3.8, 4) is 0 Å². The molecule has 0 saturated heterocycles. The lowest BCUT2D eigenvalue weighted by atomic mass is 10.2. The second kappa shape index (κ2) is 10.5. The van der Waals surface area contributed by atoms with Crippen molar-refractivity contribution in [1.29, 1.82) is 0 Å². The zero-order valence-electron chi connectivity index (χ0n) is 16.2. The number of anilines is 1. The number of rotatable bonds is 8. The van der Waals surface area contributed by atoms with Gasteiger partial charge >= 0.3 is 5.97 Å². The smallest absolute Gasteiger partial charge is 0.338 e. The summed E-state index contributed by atoms with van der Waals surface area (Å²) in [6.07, 6.45) is 0.761. The average Bonchev–Trinajstić information content (AvgIpc) is 2.70. The molecule has 2 rings (SSSR count). The van der Waals surface area contributed by atoms with Crippen LogP contribution in [0.4, 0.5) is 5.69 Å². The van der Waals surface area contributed by atoms with E-state index in [4.69, 9.17) is 4.74 Å². The first kappa shape index (κ1) is 21.5. The van der Waals surface area contributed by atoms with Gasteiger partial charge < -0.3 is 15.0 Å². The second-order valence-electron chi connectivity index (χ2n) is 6.24. The Balaban J connectivity index is 2.05. The molecule has 148 valence electrons. The van der Waals surface area contributed by atoms with Crippen molar-refractivity contribution < 1.29 is 19.1 Å². The maximum atomic E-state index is 12.7. The van der Waals surface area contributed by atoms with Crippen LogP contribution in [0.3, 0.4) is 0 Å². The minimum Gasteiger partial charge on any atom is -0.462 e. The van der Waals surface area contributed by atoms with Crippen LogP contribution in [0.2, 0.25) is 0 Å². The number of thioether (sulfide) groups is 1. The van der Waals surface area contributed by atoms with E-state index in [1.807, 2.05) is 19.1 Å². The molecule has 0 saturated carbocycles. The quantitative estimate of drug-likeness (QED) is 0.540. The van der Waals surface area contributed by atoms with E-state index in [0.29, 0.717) is 23.4 Å². The lowest BCUT2D eigenvalue weighted by molar-refractivity contribution is -0.125. The number of carbonyl (C=O) groups excluding carboxylic acids is 3. The standard InChI is InChI=1S/C21H24N2O4S/c1-4-13-27-21(26)15-9-11-16(12-10-15)22-20(25)17-7-5-6-8-18(17)28-14-19(24)23(2)3/h5-12H,4,13-14H2,1-3H3,(H,22,25). The third-order valence-electron chi connectivity index (χ3n) is 3.80. The van der Waals surface area contributed by atoms with Gasteiger partial charge in [0.1, 0.15) is 0 Å². The zero-order valence-corrected chi connectivity index (χ0v) is 17.0. The summed E-state index contributed by atoms with van der Waals surface area (Å²) in [6, 6.07) is 13.7. The molecule has 2 aromatic carbocycles. The first-order valence-electron chi connectivity index (χ1n) is 8.93. The normalized spacial score (nSPS) is 10.2. The van der Waals surface area contributed by atoms with Gasteiger partial charge in [0.2, 0.25) is 5.91 Å². The minimum absolute atomic E-state index is 0.0224. The van der Waals surface area contributed by atoms with Crippen molar-refractivity contribution in [1.82, 2.24) is 4.90 Å². The Bertz CT molecular complexity index is 835. The number of hydrogen-bond donors (Lipinski definition) is 1. The Morgan fingerprint density at radius 3 is 2.36 bits per heavy atom. The molecule has 0 unspecified atom stereocenters. The molecule has 0 radical (unpaired) electrons. The molecule has 0 aliphatic carbocycles. The van der Waals surface area contributed by atoms with E-state index >= 15 is 0 Å². The molecule has 7 heteroatoms. The van der Waals surface area contributed by atoms with Gasteiger partial charge in [-0.2, -0.15) is 0 Å². The highest BCUT2D eigenvalue weighted by atomic mass is 32.2. The van der Waals surface area contributed by atoms with Crippen molar-refractivity contribution >= 4 is 35.2 Å². The third kappa shape index (κ3) is 6.13. The summed E-state index contributed by atoms with van der Waals surface area (Å²) in [5, 5.41) is 2.82. The number of benzene rings is 2. The fourth-order valence-electron chi connectivity index (χ4n) is 2.21. The summed E-state index contributed by atoms with van der Waals surface area (Å²) in [4.78, 5) is 38.6. The van der Waals surface area contributed by atoms with Crippen LogP contribution >= 0.6 is 11.8 Å². The number of nitrogens with one attached hydrogen (secondary N) is 1. The maximum absolute atomic E-state index is 12.7. The topological polar surface area (TPSA) is 75.7 Å². The number of carbonyl (C=O) groups is 3. The molecule has 28 heavy (non-hydrogen) atoms. The lowest BCUT2D eigenvalue weighted by Crippen LogP contribution is -2.23. The van der Waals surface area contributed by atoms with Crippen LogP contribution in [0.5, 0.6) is 0 Å². The highest BCUT2D eigenvalue weighted by Crippen LogP contribution is 2.24. The first-order valence-corrected chi connectivity index (χ1v) is 9.91. The van der Waals surface area contributed by atoms with Crippen molar-refractivity contribution in [3.05, 3.63) is 59.7 Å². The molecule has 0 aliphatic heterocycles. The summed E-state index contributed by atoms with van der Waals surface area (Å²) < 4.78 is 5.09. The fourth-order valence-corrected chi connectivity index (χ4v) is 3.24. The Hall–Kier alpha value is -2.80. The van der Waals surface area contributed by atoms with E-state index in [-0.39, 0.29) is 23.5 Å². The highest BCUT2D eigenvalue weighted by Gasteiger charge is 2.14. The van der Waals surface area contributed by atoms with Gasteiger partial charge in [-0.05, 0) is 42.8 Å². The van der Waals surface area contributed by atoms with Crippen molar-refractivity contribution in [2.75, 3.05) is 31.8 Å². The molecular weight excluding hydrogens is 376 g/mol. The second-order valence-corrected chi connectivity index (χ2v) is 7.26. The van der Waals surface area contributed by atoms with E-state index in [0.717, 1.165) is 11.3 Å². The molecule has 6 nitrogen and oxygen atoms in total.